The van der Waals surface area contributed by atoms with Crippen LogP contribution in [-0.2, 0) is 12.3 Å². The molecule has 0 atom stereocenters. The van der Waals surface area contributed by atoms with Crippen molar-refractivity contribution in [2.75, 3.05) is 0 Å². The van der Waals surface area contributed by atoms with Crippen molar-refractivity contribution in [1.82, 2.24) is 19.3 Å². The first kappa shape index (κ1) is 19.8. The van der Waals surface area contributed by atoms with Gasteiger partial charge in [0, 0.05) is 33.2 Å². The highest BCUT2D eigenvalue weighted by Crippen LogP contribution is 2.31. The smallest absolute Gasteiger partial charge is 0.196 e. The maximum atomic E-state index is 4.66. The van der Waals surface area contributed by atoms with Gasteiger partial charge in [0.2, 0.25) is 0 Å². The van der Waals surface area contributed by atoms with Crippen LogP contribution in [0.2, 0.25) is 0 Å². The zero-order valence-electron chi connectivity index (χ0n) is 18.0. The van der Waals surface area contributed by atoms with E-state index in [4.69, 9.17) is 0 Å². The summed E-state index contributed by atoms with van der Waals surface area (Å²) in [6.45, 7) is 0.641. The summed E-state index contributed by atoms with van der Waals surface area (Å²) in [4.78, 5) is 0. The molecule has 33 heavy (non-hydrogen) atoms. The van der Waals surface area contributed by atoms with Crippen LogP contribution in [0.1, 0.15) is 11.4 Å². The molecule has 0 spiro atoms. The lowest BCUT2D eigenvalue weighted by Gasteiger charge is -2.12. The Balaban J connectivity index is 1.45. The predicted octanol–water partition coefficient (Wildman–Crippen LogP) is 6.72. The van der Waals surface area contributed by atoms with E-state index in [0.717, 1.165) is 22.4 Å². The van der Waals surface area contributed by atoms with Crippen LogP contribution in [0.3, 0.4) is 0 Å². The molecule has 0 aliphatic heterocycles. The van der Waals surface area contributed by atoms with Crippen molar-refractivity contribution in [3.05, 3.63) is 121 Å². The number of hydrogen-bond acceptors (Lipinski definition) is 3. The van der Waals surface area contributed by atoms with E-state index < -0.39 is 0 Å². The van der Waals surface area contributed by atoms with Crippen molar-refractivity contribution in [3.63, 3.8) is 0 Å². The second-order valence-electron chi connectivity index (χ2n) is 7.96. The van der Waals surface area contributed by atoms with E-state index in [1.807, 2.05) is 12.1 Å². The molecule has 4 aromatic carbocycles. The largest absolute Gasteiger partial charge is 0.333 e. The molecule has 0 radical (unpaired) electrons. The van der Waals surface area contributed by atoms with Gasteiger partial charge in [-0.05, 0) is 29.8 Å². The van der Waals surface area contributed by atoms with E-state index in [-0.39, 0.29) is 0 Å². The quantitative estimate of drug-likeness (QED) is 0.267. The predicted molar refractivity (Wildman–Crippen MR) is 136 cm³/mol. The second-order valence-corrected chi connectivity index (χ2v) is 8.91. The minimum absolute atomic E-state index is 0.641. The van der Waals surface area contributed by atoms with Crippen LogP contribution in [0.25, 0.3) is 27.5 Å². The summed E-state index contributed by atoms with van der Waals surface area (Å²) in [6.07, 6.45) is 0. The van der Waals surface area contributed by atoms with Gasteiger partial charge in [0.25, 0.3) is 0 Å². The maximum Gasteiger partial charge on any atom is 0.196 e. The maximum absolute atomic E-state index is 4.66. The van der Waals surface area contributed by atoms with E-state index in [2.05, 4.69) is 116 Å². The van der Waals surface area contributed by atoms with Gasteiger partial charge in [-0.25, -0.2) is 0 Å². The molecule has 5 heteroatoms. The Kier molecular flexibility index (Phi) is 5.17. The fourth-order valence-corrected chi connectivity index (χ4v) is 5.30. The lowest BCUT2D eigenvalue weighted by molar-refractivity contribution is 0.754. The van der Waals surface area contributed by atoms with Crippen LogP contribution in [0.4, 0.5) is 0 Å². The summed E-state index contributed by atoms with van der Waals surface area (Å²) >= 11 is 1.72. The Bertz CT molecular complexity index is 1480. The minimum Gasteiger partial charge on any atom is -0.333 e. The summed E-state index contributed by atoms with van der Waals surface area (Å²) in [5.41, 5.74) is 4.77. The molecule has 4 nitrogen and oxygen atoms in total. The summed E-state index contributed by atoms with van der Waals surface area (Å²) < 4.78 is 4.54. The molecule has 0 aliphatic rings. The lowest BCUT2D eigenvalue weighted by atomic mass is 10.2. The molecule has 2 heterocycles. The normalized spacial score (nSPS) is 11.4. The molecule has 0 N–H and O–H groups in total. The standard InChI is InChI=1S/C28H22N4S/c1-3-11-21(12-4-1)20-33-28-30-29-27(32(28)22-13-5-2-6-14-22)19-31-25-17-9-7-15-23(25)24-16-8-10-18-26(24)31/h1-18H,19-20H2. The number of benzene rings is 4. The van der Waals surface area contributed by atoms with Crippen LogP contribution in [-0.4, -0.2) is 19.3 Å². The molecule has 2 aromatic heterocycles. The van der Waals surface area contributed by atoms with Gasteiger partial charge in [-0.1, -0.05) is 96.7 Å². The van der Waals surface area contributed by atoms with Gasteiger partial charge >= 0.3 is 0 Å². The Hall–Kier alpha value is -3.83. The van der Waals surface area contributed by atoms with Gasteiger partial charge in [-0.3, -0.25) is 4.57 Å². The minimum atomic E-state index is 0.641. The van der Waals surface area contributed by atoms with E-state index in [1.165, 1.54) is 27.4 Å². The molecule has 0 aliphatic carbocycles. The molecule has 0 saturated heterocycles. The third-order valence-corrected chi connectivity index (χ3v) is 6.91. The first-order valence-electron chi connectivity index (χ1n) is 11.0. The fourth-order valence-electron chi connectivity index (χ4n) is 4.37. The van der Waals surface area contributed by atoms with Crippen molar-refractivity contribution in [2.24, 2.45) is 0 Å². The number of para-hydroxylation sites is 3. The molecule has 0 fully saturated rings. The van der Waals surface area contributed by atoms with E-state index >= 15 is 0 Å². The fraction of sp³-hybridized carbons (Fsp3) is 0.0714. The monoisotopic (exact) mass is 446 g/mol. The molecular weight excluding hydrogens is 424 g/mol. The van der Waals surface area contributed by atoms with Crippen molar-refractivity contribution < 1.29 is 0 Å². The SMILES string of the molecule is c1ccc(CSc2nnc(Cn3c4ccccc4c4ccccc43)n2-c2ccccc2)cc1. The van der Waals surface area contributed by atoms with E-state index in [0.29, 0.717) is 6.54 Å². The summed E-state index contributed by atoms with van der Waals surface area (Å²) in [7, 11) is 0. The topological polar surface area (TPSA) is 35.6 Å². The highest BCUT2D eigenvalue weighted by Gasteiger charge is 2.17. The van der Waals surface area contributed by atoms with Crippen molar-refractivity contribution in [1.29, 1.82) is 0 Å². The first-order chi connectivity index (χ1) is 16.4. The second kappa shape index (κ2) is 8.60. The summed E-state index contributed by atoms with van der Waals surface area (Å²) in [5, 5.41) is 12.7. The van der Waals surface area contributed by atoms with Crippen LogP contribution in [0.15, 0.2) is 114 Å². The average molecular weight is 447 g/mol. The molecule has 0 amide bonds. The van der Waals surface area contributed by atoms with Crippen LogP contribution in [0, 0.1) is 0 Å². The van der Waals surface area contributed by atoms with Gasteiger partial charge in [0.1, 0.15) is 0 Å². The van der Waals surface area contributed by atoms with Gasteiger partial charge in [-0.15, -0.1) is 10.2 Å². The molecule has 0 saturated carbocycles. The average Bonchev–Trinajstić information content (AvgIpc) is 3.43. The Morgan fingerprint density at radius 2 is 1.18 bits per heavy atom. The number of fused-ring (bicyclic) bond motifs is 3. The Morgan fingerprint density at radius 1 is 0.606 bits per heavy atom. The molecular formula is C28H22N4S. The Morgan fingerprint density at radius 3 is 1.85 bits per heavy atom. The first-order valence-corrected chi connectivity index (χ1v) is 12.0. The summed E-state index contributed by atoms with van der Waals surface area (Å²) in [6, 6.07) is 38.0. The van der Waals surface area contributed by atoms with Crippen LogP contribution < -0.4 is 0 Å². The number of rotatable bonds is 6. The molecule has 0 unspecified atom stereocenters. The van der Waals surface area contributed by atoms with Crippen LogP contribution >= 0.6 is 11.8 Å². The van der Waals surface area contributed by atoms with E-state index in [9.17, 15) is 0 Å². The molecule has 160 valence electrons. The van der Waals surface area contributed by atoms with Crippen molar-refractivity contribution >= 4 is 33.6 Å². The molecule has 0 bridgehead atoms. The number of thioether (sulfide) groups is 1. The van der Waals surface area contributed by atoms with Gasteiger partial charge in [-0.2, -0.15) is 0 Å². The highest BCUT2D eigenvalue weighted by atomic mass is 32.2. The number of aromatic nitrogens is 4. The summed E-state index contributed by atoms with van der Waals surface area (Å²) in [5.74, 6) is 1.77. The third kappa shape index (κ3) is 3.70. The van der Waals surface area contributed by atoms with Crippen LogP contribution in [0.5, 0.6) is 0 Å². The number of nitrogens with zero attached hydrogens (tertiary/aromatic N) is 4. The zero-order chi connectivity index (χ0) is 22.0. The Labute approximate surface area is 196 Å². The molecule has 6 rings (SSSR count). The zero-order valence-corrected chi connectivity index (χ0v) is 18.8. The van der Waals surface area contributed by atoms with Crippen molar-refractivity contribution in [3.8, 4) is 5.69 Å². The molecule has 6 aromatic rings. The van der Waals surface area contributed by atoms with Gasteiger partial charge < -0.3 is 4.57 Å². The highest BCUT2D eigenvalue weighted by molar-refractivity contribution is 7.98. The number of hydrogen-bond donors (Lipinski definition) is 0. The lowest BCUT2D eigenvalue weighted by Crippen LogP contribution is -2.08. The van der Waals surface area contributed by atoms with Gasteiger partial charge in [0.05, 0.1) is 6.54 Å². The van der Waals surface area contributed by atoms with E-state index in [1.54, 1.807) is 11.8 Å². The van der Waals surface area contributed by atoms with Gasteiger partial charge in [0.15, 0.2) is 11.0 Å². The van der Waals surface area contributed by atoms with Crippen molar-refractivity contribution in [2.45, 2.75) is 17.5 Å². The third-order valence-electron chi connectivity index (χ3n) is 5.90.